The molecule has 88 valence electrons. The highest BCUT2D eigenvalue weighted by molar-refractivity contribution is 6.31. The number of hydrogen-bond acceptors (Lipinski definition) is 3. The minimum absolute atomic E-state index is 0.0725. The molecule has 0 amide bonds. The van der Waals surface area contributed by atoms with Crippen LogP contribution in [0.5, 0.6) is 0 Å². The monoisotopic (exact) mass is 251 g/mol. The topological polar surface area (TPSA) is 63.3 Å². The molecule has 2 rings (SSSR count). The lowest BCUT2D eigenvalue weighted by molar-refractivity contribution is 0.0689. The van der Waals surface area contributed by atoms with Crippen LogP contribution in [-0.2, 0) is 0 Å². The van der Waals surface area contributed by atoms with Gasteiger partial charge in [0.05, 0.1) is 0 Å². The molecule has 0 radical (unpaired) electrons. The lowest BCUT2D eigenvalue weighted by Gasteiger charge is -1.99. The fraction of sp³-hybridized carbons (Fsp3) is 0.167. The fourth-order valence-electron chi connectivity index (χ4n) is 1.44. The van der Waals surface area contributed by atoms with Gasteiger partial charge in [-0.1, -0.05) is 17.7 Å². The zero-order valence-corrected chi connectivity index (χ0v) is 10.1. The smallest absolute Gasteiger partial charge is 0.358 e. The number of aryl methyl sites for hydroxylation is 2. The maximum Gasteiger partial charge on any atom is 0.358 e. The summed E-state index contributed by atoms with van der Waals surface area (Å²) in [5.74, 6) is -0.554. The fourth-order valence-corrected chi connectivity index (χ4v) is 1.62. The number of hydrogen-bond donors (Lipinski definition) is 1. The quantitative estimate of drug-likeness (QED) is 0.889. The Labute approximate surface area is 103 Å². The van der Waals surface area contributed by atoms with Crippen molar-refractivity contribution >= 4 is 17.6 Å². The average molecular weight is 252 g/mol. The second-order valence-electron chi connectivity index (χ2n) is 3.69. The Morgan fingerprint density at radius 3 is 2.65 bits per heavy atom. The number of aromatic carboxylic acids is 1. The number of carboxylic acids is 1. The first-order valence-electron chi connectivity index (χ1n) is 4.96. The predicted octanol–water partition coefficient (Wildman–Crippen LogP) is 3.31. The second-order valence-corrected chi connectivity index (χ2v) is 4.10. The second kappa shape index (κ2) is 4.22. The maximum absolute atomic E-state index is 10.8. The van der Waals surface area contributed by atoms with E-state index in [0.717, 1.165) is 5.56 Å². The third-order valence-corrected chi connectivity index (χ3v) is 2.83. The zero-order chi connectivity index (χ0) is 12.6. The molecule has 0 saturated carbocycles. The Hall–Kier alpha value is -1.81. The molecule has 1 aromatic heterocycles. The number of rotatable bonds is 2. The van der Waals surface area contributed by atoms with Crippen molar-refractivity contribution in [3.8, 4) is 11.5 Å². The maximum atomic E-state index is 10.8. The van der Waals surface area contributed by atoms with Crippen LogP contribution in [0.2, 0.25) is 5.02 Å². The van der Waals surface area contributed by atoms with E-state index in [1.54, 1.807) is 19.1 Å². The third-order valence-electron chi connectivity index (χ3n) is 2.42. The molecule has 1 aromatic carbocycles. The van der Waals surface area contributed by atoms with Crippen molar-refractivity contribution in [3.63, 3.8) is 0 Å². The summed E-state index contributed by atoms with van der Waals surface area (Å²) < 4.78 is 5.31. The summed E-state index contributed by atoms with van der Waals surface area (Å²) in [6, 6.07) is 5.32. The number of halogens is 1. The highest BCUT2D eigenvalue weighted by Crippen LogP contribution is 2.26. The van der Waals surface area contributed by atoms with Gasteiger partial charge in [0, 0.05) is 10.6 Å². The van der Waals surface area contributed by atoms with E-state index in [9.17, 15) is 4.79 Å². The van der Waals surface area contributed by atoms with Crippen LogP contribution < -0.4 is 0 Å². The van der Waals surface area contributed by atoms with Crippen LogP contribution >= 0.6 is 11.6 Å². The lowest BCUT2D eigenvalue weighted by atomic mass is 10.1. The van der Waals surface area contributed by atoms with E-state index in [1.165, 1.54) is 0 Å². The molecule has 0 aliphatic rings. The third kappa shape index (κ3) is 2.17. The summed E-state index contributed by atoms with van der Waals surface area (Å²) in [6.07, 6.45) is 0. The van der Waals surface area contributed by atoms with E-state index in [2.05, 4.69) is 4.98 Å². The molecule has 0 atom stereocenters. The Kier molecular flexibility index (Phi) is 2.90. The van der Waals surface area contributed by atoms with Crippen molar-refractivity contribution < 1.29 is 14.3 Å². The molecule has 0 bridgehead atoms. The molecule has 1 heterocycles. The molecule has 2 aromatic rings. The molecular weight excluding hydrogens is 242 g/mol. The highest BCUT2D eigenvalue weighted by atomic mass is 35.5. The Morgan fingerprint density at radius 1 is 1.41 bits per heavy atom. The van der Waals surface area contributed by atoms with Crippen LogP contribution in [-0.4, -0.2) is 16.1 Å². The van der Waals surface area contributed by atoms with Gasteiger partial charge in [0.2, 0.25) is 5.89 Å². The molecule has 1 N–H and O–H groups in total. The number of benzene rings is 1. The van der Waals surface area contributed by atoms with Crippen LogP contribution in [0.3, 0.4) is 0 Å². The Bertz CT molecular complexity index is 589. The van der Waals surface area contributed by atoms with Gasteiger partial charge in [-0.25, -0.2) is 9.78 Å². The van der Waals surface area contributed by atoms with Gasteiger partial charge in [-0.15, -0.1) is 0 Å². The van der Waals surface area contributed by atoms with Crippen LogP contribution in [0, 0.1) is 13.8 Å². The summed E-state index contributed by atoms with van der Waals surface area (Å²) in [5.41, 5.74) is 1.53. The van der Waals surface area contributed by atoms with Crippen molar-refractivity contribution in [3.05, 3.63) is 40.2 Å². The first-order chi connectivity index (χ1) is 7.99. The van der Waals surface area contributed by atoms with Gasteiger partial charge in [0.1, 0.15) is 5.76 Å². The van der Waals surface area contributed by atoms with Crippen LogP contribution in [0.25, 0.3) is 11.5 Å². The Morgan fingerprint density at radius 2 is 2.12 bits per heavy atom. The van der Waals surface area contributed by atoms with Crippen molar-refractivity contribution in [2.75, 3.05) is 0 Å². The van der Waals surface area contributed by atoms with Crippen molar-refractivity contribution in [1.29, 1.82) is 0 Å². The van der Waals surface area contributed by atoms with Gasteiger partial charge in [0.15, 0.2) is 5.69 Å². The molecule has 4 nitrogen and oxygen atoms in total. The van der Waals surface area contributed by atoms with E-state index in [0.29, 0.717) is 10.6 Å². The molecule has 17 heavy (non-hydrogen) atoms. The summed E-state index contributed by atoms with van der Waals surface area (Å²) in [5, 5.41) is 9.47. The summed E-state index contributed by atoms with van der Waals surface area (Å²) in [7, 11) is 0. The van der Waals surface area contributed by atoms with E-state index in [-0.39, 0.29) is 17.3 Å². The van der Waals surface area contributed by atoms with Gasteiger partial charge < -0.3 is 9.52 Å². The number of nitrogens with zero attached hydrogens (tertiary/aromatic N) is 1. The van der Waals surface area contributed by atoms with Gasteiger partial charge in [-0.2, -0.15) is 0 Å². The van der Waals surface area contributed by atoms with E-state index < -0.39 is 5.97 Å². The molecule has 0 saturated heterocycles. The number of oxazole rings is 1. The summed E-state index contributed by atoms with van der Waals surface area (Å²) in [4.78, 5) is 14.8. The van der Waals surface area contributed by atoms with Crippen molar-refractivity contribution in [1.82, 2.24) is 4.98 Å². The minimum atomic E-state index is -1.10. The first kappa shape index (κ1) is 11.7. The average Bonchev–Trinajstić information content (AvgIpc) is 2.64. The molecule has 0 spiro atoms. The van der Waals surface area contributed by atoms with Crippen LogP contribution in [0.15, 0.2) is 22.6 Å². The zero-order valence-electron chi connectivity index (χ0n) is 9.32. The van der Waals surface area contributed by atoms with E-state index in [4.69, 9.17) is 21.1 Å². The molecule has 5 heteroatoms. The molecular formula is C12H10ClNO3. The van der Waals surface area contributed by atoms with Crippen LogP contribution in [0.4, 0.5) is 0 Å². The lowest BCUT2D eigenvalue weighted by Crippen LogP contribution is -1.98. The summed E-state index contributed by atoms with van der Waals surface area (Å²) in [6.45, 7) is 3.45. The number of aromatic nitrogens is 1. The van der Waals surface area contributed by atoms with E-state index in [1.807, 2.05) is 13.0 Å². The van der Waals surface area contributed by atoms with Gasteiger partial charge in [-0.05, 0) is 31.5 Å². The normalized spacial score (nSPS) is 10.5. The van der Waals surface area contributed by atoms with Crippen molar-refractivity contribution in [2.45, 2.75) is 13.8 Å². The SMILES string of the molecule is Cc1ccc(-c2nc(C(=O)O)c(C)o2)cc1Cl. The standard InChI is InChI=1S/C12H10ClNO3/c1-6-3-4-8(5-9(6)13)11-14-10(12(15)16)7(2)17-11/h3-5H,1-2H3,(H,15,16). The minimum Gasteiger partial charge on any atom is -0.476 e. The number of carboxylic acid groups (broad SMARTS) is 1. The molecule has 0 unspecified atom stereocenters. The predicted molar refractivity (Wildman–Crippen MR) is 63.4 cm³/mol. The number of carbonyl (C=O) groups is 1. The summed E-state index contributed by atoms with van der Waals surface area (Å²) >= 11 is 5.99. The van der Waals surface area contributed by atoms with Gasteiger partial charge >= 0.3 is 5.97 Å². The van der Waals surface area contributed by atoms with E-state index >= 15 is 0 Å². The first-order valence-corrected chi connectivity index (χ1v) is 5.34. The van der Waals surface area contributed by atoms with Crippen LogP contribution in [0.1, 0.15) is 21.8 Å². The van der Waals surface area contributed by atoms with Gasteiger partial charge in [0.25, 0.3) is 0 Å². The Balaban J connectivity index is 2.50. The van der Waals surface area contributed by atoms with Crippen molar-refractivity contribution in [2.24, 2.45) is 0 Å². The molecule has 0 aliphatic carbocycles. The molecule has 0 fully saturated rings. The highest BCUT2D eigenvalue weighted by Gasteiger charge is 2.17. The largest absolute Gasteiger partial charge is 0.476 e. The molecule has 0 aliphatic heterocycles. The van der Waals surface area contributed by atoms with Gasteiger partial charge in [-0.3, -0.25) is 0 Å².